The molecule has 0 saturated carbocycles. The number of rotatable bonds is 3. The maximum absolute atomic E-state index is 11.8. The molecule has 1 atom stereocenters. The van der Waals surface area contributed by atoms with Crippen LogP contribution in [0.5, 0.6) is 0 Å². The van der Waals surface area contributed by atoms with Crippen LogP contribution in [0.3, 0.4) is 0 Å². The Morgan fingerprint density at radius 1 is 1.53 bits per heavy atom. The van der Waals surface area contributed by atoms with E-state index in [1.165, 1.54) is 0 Å². The van der Waals surface area contributed by atoms with Crippen LogP contribution in [0.15, 0.2) is 18.5 Å². The van der Waals surface area contributed by atoms with Crippen molar-refractivity contribution in [3.63, 3.8) is 0 Å². The minimum Gasteiger partial charge on any atom is -0.367 e. The highest BCUT2D eigenvalue weighted by molar-refractivity contribution is 7.92. The van der Waals surface area contributed by atoms with Crippen LogP contribution in [0.25, 0.3) is 5.52 Å². The lowest BCUT2D eigenvalue weighted by atomic mass is 10.2. The fourth-order valence-electron chi connectivity index (χ4n) is 2.48. The summed E-state index contributed by atoms with van der Waals surface area (Å²) in [4.78, 5) is 4.26. The molecule has 102 valence electrons. The van der Waals surface area contributed by atoms with Gasteiger partial charge in [0.05, 0.1) is 16.7 Å². The molecule has 0 aromatic carbocycles. The summed E-state index contributed by atoms with van der Waals surface area (Å²) in [5.41, 5.74) is 1.78. The minimum atomic E-state index is -2.92. The Hall–Kier alpha value is -1.63. The molecule has 1 N–H and O–H groups in total. The molecular weight excluding hydrogens is 264 g/mol. The lowest BCUT2D eigenvalue weighted by Gasteiger charge is -2.11. The van der Waals surface area contributed by atoms with Crippen molar-refractivity contribution in [2.45, 2.75) is 25.0 Å². The van der Waals surface area contributed by atoms with Gasteiger partial charge in [0.15, 0.2) is 15.7 Å². The minimum absolute atomic E-state index is 0.293. The van der Waals surface area contributed by atoms with E-state index in [1.54, 1.807) is 16.9 Å². The summed E-state index contributed by atoms with van der Waals surface area (Å²) in [5, 5.41) is 7.16. The highest BCUT2D eigenvalue weighted by Gasteiger charge is 2.31. The molecule has 3 rings (SSSR count). The number of anilines is 1. The summed E-state index contributed by atoms with van der Waals surface area (Å²) in [6, 6.07) is 1.93. The zero-order valence-electron chi connectivity index (χ0n) is 10.7. The summed E-state index contributed by atoms with van der Waals surface area (Å²) in [6.07, 6.45) is 4.93. The number of hydrogen-bond donors (Lipinski definition) is 1. The van der Waals surface area contributed by atoms with E-state index < -0.39 is 9.84 Å². The average molecular weight is 280 g/mol. The van der Waals surface area contributed by atoms with Gasteiger partial charge in [0.25, 0.3) is 0 Å². The van der Waals surface area contributed by atoms with Crippen LogP contribution in [-0.4, -0.2) is 40.6 Å². The van der Waals surface area contributed by atoms with Gasteiger partial charge in [0, 0.05) is 18.9 Å². The number of hydrogen-bond acceptors (Lipinski definition) is 5. The second kappa shape index (κ2) is 4.48. The number of fused-ring (bicyclic) bond motifs is 1. The Bertz CT molecular complexity index is 708. The van der Waals surface area contributed by atoms with Crippen molar-refractivity contribution in [3.05, 3.63) is 24.2 Å². The van der Waals surface area contributed by atoms with Crippen LogP contribution in [-0.2, 0) is 9.84 Å². The van der Waals surface area contributed by atoms with Gasteiger partial charge in [-0.25, -0.2) is 17.9 Å². The summed E-state index contributed by atoms with van der Waals surface area (Å²) in [7, 11) is -2.92. The fourth-order valence-corrected chi connectivity index (χ4v) is 4.24. The van der Waals surface area contributed by atoms with E-state index in [-0.39, 0.29) is 5.25 Å². The lowest BCUT2D eigenvalue weighted by Crippen LogP contribution is -2.25. The standard InChI is InChI=1S/C12H16N4O2S/c1-9-7-11-12(13-4-5-16(11)15-9)14-8-10-3-2-6-19(10,17)18/h4-5,7,10H,2-3,6,8H2,1H3,(H,13,14). The molecule has 0 aliphatic carbocycles. The Labute approximate surface area is 111 Å². The van der Waals surface area contributed by atoms with Crippen LogP contribution in [0.2, 0.25) is 0 Å². The maximum Gasteiger partial charge on any atom is 0.154 e. The monoisotopic (exact) mass is 280 g/mol. The lowest BCUT2D eigenvalue weighted by molar-refractivity contribution is 0.591. The van der Waals surface area contributed by atoms with Gasteiger partial charge in [-0.2, -0.15) is 5.10 Å². The van der Waals surface area contributed by atoms with Crippen LogP contribution in [0, 0.1) is 6.92 Å². The van der Waals surface area contributed by atoms with E-state index in [0.717, 1.165) is 24.1 Å². The molecule has 0 radical (unpaired) electrons. The van der Waals surface area contributed by atoms with E-state index in [4.69, 9.17) is 0 Å². The van der Waals surface area contributed by atoms with E-state index in [2.05, 4.69) is 15.4 Å². The molecule has 2 aromatic heterocycles. The Morgan fingerprint density at radius 2 is 2.37 bits per heavy atom. The zero-order valence-corrected chi connectivity index (χ0v) is 11.5. The first kappa shape index (κ1) is 12.4. The molecule has 1 aliphatic heterocycles. The molecular formula is C12H16N4O2S. The first-order valence-corrected chi connectivity index (χ1v) is 8.04. The molecule has 6 nitrogen and oxygen atoms in total. The highest BCUT2D eigenvalue weighted by atomic mass is 32.2. The largest absolute Gasteiger partial charge is 0.367 e. The second-order valence-corrected chi connectivity index (χ2v) is 7.30. The Kier molecular flexibility index (Phi) is 2.93. The van der Waals surface area contributed by atoms with Crippen molar-refractivity contribution < 1.29 is 8.42 Å². The number of aromatic nitrogens is 3. The summed E-state index contributed by atoms with van der Waals surface area (Å²) < 4.78 is 25.3. The van der Waals surface area contributed by atoms with Gasteiger partial charge in [0.1, 0.15) is 5.52 Å². The Morgan fingerprint density at radius 3 is 3.11 bits per heavy atom. The van der Waals surface area contributed by atoms with E-state index >= 15 is 0 Å². The average Bonchev–Trinajstić information content (AvgIpc) is 2.88. The van der Waals surface area contributed by atoms with Gasteiger partial charge in [-0.1, -0.05) is 0 Å². The Balaban J connectivity index is 1.82. The summed E-state index contributed by atoms with van der Waals surface area (Å²) in [6.45, 7) is 2.33. The predicted molar refractivity (Wildman–Crippen MR) is 73.0 cm³/mol. The van der Waals surface area contributed by atoms with Crippen molar-refractivity contribution in [2.24, 2.45) is 0 Å². The van der Waals surface area contributed by atoms with Crippen molar-refractivity contribution in [1.29, 1.82) is 0 Å². The molecule has 1 saturated heterocycles. The molecule has 2 aromatic rings. The van der Waals surface area contributed by atoms with Crippen molar-refractivity contribution >= 4 is 21.2 Å². The third-order valence-electron chi connectivity index (χ3n) is 3.47. The third-order valence-corrected chi connectivity index (χ3v) is 5.75. The number of nitrogens with zero attached hydrogens (tertiary/aromatic N) is 3. The number of nitrogens with one attached hydrogen (secondary N) is 1. The molecule has 3 heterocycles. The molecule has 0 spiro atoms. The van der Waals surface area contributed by atoms with Gasteiger partial charge in [-0.05, 0) is 25.8 Å². The van der Waals surface area contributed by atoms with E-state index in [0.29, 0.717) is 18.1 Å². The van der Waals surface area contributed by atoms with Gasteiger partial charge < -0.3 is 5.32 Å². The van der Waals surface area contributed by atoms with E-state index in [1.807, 2.05) is 13.0 Å². The smallest absolute Gasteiger partial charge is 0.154 e. The van der Waals surface area contributed by atoms with Crippen molar-refractivity contribution in [2.75, 3.05) is 17.6 Å². The van der Waals surface area contributed by atoms with Crippen LogP contribution in [0.4, 0.5) is 5.82 Å². The molecule has 0 bridgehead atoms. The van der Waals surface area contributed by atoms with Crippen molar-refractivity contribution in [1.82, 2.24) is 14.6 Å². The van der Waals surface area contributed by atoms with Gasteiger partial charge >= 0.3 is 0 Å². The molecule has 7 heteroatoms. The molecule has 19 heavy (non-hydrogen) atoms. The quantitative estimate of drug-likeness (QED) is 0.908. The normalized spacial score (nSPS) is 21.8. The van der Waals surface area contributed by atoms with Crippen LogP contribution < -0.4 is 5.32 Å². The highest BCUT2D eigenvalue weighted by Crippen LogP contribution is 2.21. The molecule has 1 fully saturated rings. The number of sulfone groups is 1. The predicted octanol–water partition coefficient (Wildman–Crippen LogP) is 1.03. The van der Waals surface area contributed by atoms with Gasteiger partial charge in [-0.15, -0.1) is 0 Å². The molecule has 1 aliphatic rings. The topological polar surface area (TPSA) is 76.4 Å². The summed E-state index contributed by atoms with van der Waals surface area (Å²) >= 11 is 0. The number of aryl methyl sites for hydroxylation is 1. The molecule has 0 amide bonds. The fraction of sp³-hybridized carbons (Fsp3) is 0.500. The summed E-state index contributed by atoms with van der Waals surface area (Å²) in [5.74, 6) is 0.994. The van der Waals surface area contributed by atoms with Gasteiger partial charge in [0.2, 0.25) is 0 Å². The maximum atomic E-state index is 11.8. The van der Waals surface area contributed by atoms with E-state index in [9.17, 15) is 8.42 Å². The first-order chi connectivity index (χ1) is 9.06. The molecule has 1 unspecified atom stereocenters. The second-order valence-electron chi connectivity index (χ2n) is 4.90. The first-order valence-electron chi connectivity index (χ1n) is 6.33. The SMILES string of the molecule is Cc1cc2c(NCC3CCCS3(=O)=O)nccn2n1. The third kappa shape index (κ3) is 2.30. The van der Waals surface area contributed by atoms with Gasteiger partial charge in [-0.3, -0.25) is 0 Å². The van der Waals surface area contributed by atoms with Crippen LogP contribution in [0.1, 0.15) is 18.5 Å². The van der Waals surface area contributed by atoms with Crippen molar-refractivity contribution in [3.8, 4) is 0 Å². The zero-order chi connectivity index (χ0) is 13.5. The van der Waals surface area contributed by atoms with Crippen LogP contribution >= 0.6 is 0 Å².